The molecule has 1 aromatic carbocycles. The zero-order valence-corrected chi connectivity index (χ0v) is 16.7. The summed E-state index contributed by atoms with van der Waals surface area (Å²) in [4.78, 5) is 15.0. The smallest absolute Gasteiger partial charge is 0.298 e. The molecule has 1 saturated heterocycles. The van der Waals surface area contributed by atoms with Crippen LogP contribution < -0.4 is 19.5 Å². The van der Waals surface area contributed by atoms with Crippen LogP contribution in [0.1, 0.15) is 30.1 Å². The molecule has 146 valence electrons. The fourth-order valence-corrected chi connectivity index (χ4v) is 3.87. The van der Waals surface area contributed by atoms with Gasteiger partial charge in [0, 0.05) is 25.7 Å². The molecule has 0 bridgehead atoms. The third kappa shape index (κ3) is 4.59. The molecule has 10 heteroatoms. The number of likely N-dealkylation sites (tertiary alicyclic amines) is 1. The number of hydrogen-bond acceptors (Lipinski definition) is 5. The van der Waals surface area contributed by atoms with Crippen molar-refractivity contribution in [2.24, 2.45) is 5.14 Å². The Kier molecular flexibility index (Phi) is 6.73. The lowest BCUT2D eigenvalue weighted by Crippen LogP contribution is -2.40. The molecule has 1 unspecified atom stereocenters. The van der Waals surface area contributed by atoms with E-state index in [4.69, 9.17) is 21.5 Å². The summed E-state index contributed by atoms with van der Waals surface area (Å²) in [5, 5.41) is 8.17. The summed E-state index contributed by atoms with van der Waals surface area (Å²) in [5.41, 5.74) is 0.305. The number of nitrogens with zero attached hydrogens (tertiary/aromatic N) is 2. The normalized spacial score (nSPS) is 18.0. The monoisotopic (exact) mass is 404 g/mol. The number of ether oxygens (including phenoxy) is 1. The van der Waals surface area contributed by atoms with Crippen LogP contribution in [0.5, 0.6) is 5.75 Å². The highest BCUT2D eigenvalue weighted by Gasteiger charge is 2.25. The predicted octanol–water partition coefficient (Wildman–Crippen LogP) is 1.20. The van der Waals surface area contributed by atoms with Gasteiger partial charge in [-0.3, -0.25) is 14.0 Å². The predicted molar refractivity (Wildman–Crippen MR) is 102 cm³/mol. The molecular weight excluding hydrogens is 380 g/mol. The van der Waals surface area contributed by atoms with Gasteiger partial charge in [0.2, 0.25) is 0 Å². The average molecular weight is 405 g/mol. The van der Waals surface area contributed by atoms with E-state index in [1.165, 1.54) is 26.3 Å². The van der Waals surface area contributed by atoms with Crippen molar-refractivity contribution < 1.29 is 17.9 Å². The number of nitrogens with one attached hydrogen (secondary N) is 1. The van der Waals surface area contributed by atoms with Crippen LogP contribution in [0.3, 0.4) is 0 Å². The molecule has 1 aliphatic heterocycles. The van der Waals surface area contributed by atoms with E-state index in [1.54, 1.807) is 0 Å². The molecule has 1 aromatic rings. The Balaban J connectivity index is 2.24. The Hall–Kier alpha value is -1.55. The van der Waals surface area contributed by atoms with Gasteiger partial charge >= 0.3 is 0 Å². The maximum Gasteiger partial charge on any atom is 0.298 e. The maximum absolute atomic E-state index is 12.7. The third-order valence-electron chi connectivity index (χ3n) is 4.64. The quantitative estimate of drug-likeness (QED) is 0.710. The second-order valence-corrected chi connectivity index (χ2v) is 8.14. The molecule has 1 fully saturated rings. The van der Waals surface area contributed by atoms with E-state index in [0.717, 1.165) is 30.2 Å². The number of carbonyl (C=O) groups is 1. The number of likely N-dealkylation sites (N-methyl/N-ethyl adjacent to an activating group) is 1. The molecule has 0 saturated carbocycles. The molecule has 0 aromatic heterocycles. The van der Waals surface area contributed by atoms with Crippen molar-refractivity contribution in [3.8, 4) is 5.75 Å². The van der Waals surface area contributed by atoms with Gasteiger partial charge in [-0.2, -0.15) is 8.42 Å². The highest BCUT2D eigenvalue weighted by Crippen LogP contribution is 2.33. The molecule has 0 aliphatic carbocycles. The van der Waals surface area contributed by atoms with Crippen LogP contribution in [-0.4, -0.2) is 59.1 Å². The molecule has 1 amide bonds. The van der Waals surface area contributed by atoms with Gasteiger partial charge in [0.15, 0.2) is 0 Å². The molecule has 3 N–H and O–H groups in total. The van der Waals surface area contributed by atoms with E-state index < -0.39 is 10.2 Å². The van der Waals surface area contributed by atoms with E-state index >= 15 is 0 Å². The zero-order chi connectivity index (χ0) is 19.5. The summed E-state index contributed by atoms with van der Waals surface area (Å²) < 4.78 is 29.2. The van der Waals surface area contributed by atoms with Gasteiger partial charge in [0.25, 0.3) is 16.1 Å². The fourth-order valence-electron chi connectivity index (χ4n) is 3.12. The van der Waals surface area contributed by atoms with E-state index in [0.29, 0.717) is 12.6 Å². The van der Waals surface area contributed by atoms with Crippen LogP contribution >= 0.6 is 11.6 Å². The molecule has 1 aliphatic rings. The van der Waals surface area contributed by atoms with Gasteiger partial charge in [-0.15, -0.1) is 0 Å². The minimum Gasteiger partial charge on any atom is -0.496 e. The molecule has 1 heterocycles. The summed E-state index contributed by atoms with van der Waals surface area (Å²) in [6.45, 7) is 4.58. The Morgan fingerprint density at radius 1 is 1.50 bits per heavy atom. The molecular formula is C16H25ClN4O4S. The lowest BCUT2D eigenvalue weighted by atomic mass is 10.1. The van der Waals surface area contributed by atoms with Crippen molar-refractivity contribution in [3.63, 3.8) is 0 Å². The zero-order valence-electron chi connectivity index (χ0n) is 15.2. The van der Waals surface area contributed by atoms with Crippen LogP contribution in [0.25, 0.3) is 0 Å². The Morgan fingerprint density at radius 2 is 2.19 bits per heavy atom. The topological polar surface area (TPSA) is 105 Å². The van der Waals surface area contributed by atoms with Gasteiger partial charge in [0.1, 0.15) is 5.75 Å². The second kappa shape index (κ2) is 8.43. The SMILES string of the molecule is CCN1CCCC1CNC(=O)c1cc(N(C)S(N)(=O)=O)c(Cl)cc1OC. The molecule has 8 nitrogen and oxygen atoms in total. The second-order valence-electron chi connectivity index (χ2n) is 6.15. The Bertz CT molecular complexity index is 772. The molecule has 0 radical (unpaired) electrons. The number of carbonyl (C=O) groups excluding carboxylic acids is 1. The van der Waals surface area contributed by atoms with Crippen LogP contribution in [0, 0.1) is 0 Å². The Labute approximate surface area is 159 Å². The van der Waals surface area contributed by atoms with Crippen molar-refractivity contribution in [2.45, 2.75) is 25.8 Å². The highest BCUT2D eigenvalue weighted by atomic mass is 35.5. The number of nitrogens with two attached hydrogens (primary N) is 1. The highest BCUT2D eigenvalue weighted by molar-refractivity contribution is 7.90. The van der Waals surface area contributed by atoms with Gasteiger partial charge in [0.05, 0.1) is 23.4 Å². The number of hydrogen-bond donors (Lipinski definition) is 2. The number of benzene rings is 1. The van der Waals surface area contributed by atoms with E-state index in [9.17, 15) is 13.2 Å². The van der Waals surface area contributed by atoms with Crippen LogP contribution in [0.2, 0.25) is 5.02 Å². The van der Waals surface area contributed by atoms with Crippen LogP contribution in [-0.2, 0) is 10.2 Å². The first-order valence-electron chi connectivity index (χ1n) is 8.35. The number of methoxy groups -OCH3 is 1. The van der Waals surface area contributed by atoms with Gasteiger partial charge in [-0.1, -0.05) is 18.5 Å². The van der Waals surface area contributed by atoms with E-state index in [2.05, 4.69) is 17.1 Å². The van der Waals surface area contributed by atoms with Crippen molar-refractivity contribution in [3.05, 3.63) is 22.7 Å². The third-order valence-corrected chi connectivity index (χ3v) is 5.90. The van der Waals surface area contributed by atoms with Gasteiger partial charge < -0.3 is 10.1 Å². The van der Waals surface area contributed by atoms with E-state index in [-0.39, 0.29) is 27.9 Å². The van der Waals surface area contributed by atoms with Crippen LogP contribution in [0.15, 0.2) is 12.1 Å². The lowest BCUT2D eigenvalue weighted by Gasteiger charge is -2.23. The van der Waals surface area contributed by atoms with Gasteiger partial charge in [-0.25, -0.2) is 5.14 Å². The summed E-state index contributed by atoms with van der Waals surface area (Å²) in [6, 6.07) is 3.07. The van der Waals surface area contributed by atoms with E-state index in [1.807, 2.05) is 0 Å². The number of anilines is 1. The molecule has 26 heavy (non-hydrogen) atoms. The minimum atomic E-state index is -4.01. The number of halogens is 1. The first-order valence-corrected chi connectivity index (χ1v) is 10.2. The molecule has 2 rings (SSSR count). The van der Waals surface area contributed by atoms with Crippen LogP contribution in [0.4, 0.5) is 5.69 Å². The largest absolute Gasteiger partial charge is 0.496 e. The first kappa shape index (κ1) is 20.8. The standard InChI is InChI=1S/C16H25ClN4O4S/c1-4-21-7-5-6-11(21)10-19-16(22)12-8-14(20(2)26(18,23)24)13(17)9-15(12)25-3/h8-9,11H,4-7,10H2,1-3H3,(H,19,22)(H2,18,23,24). The maximum atomic E-state index is 12.7. The van der Waals surface area contributed by atoms with Crippen molar-refractivity contribution in [1.29, 1.82) is 0 Å². The Morgan fingerprint density at radius 3 is 2.77 bits per heavy atom. The molecule has 1 atom stereocenters. The average Bonchev–Trinajstić information content (AvgIpc) is 3.05. The summed E-state index contributed by atoms with van der Waals surface area (Å²) >= 11 is 6.12. The van der Waals surface area contributed by atoms with Crippen molar-refractivity contribution >= 4 is 33.4 Å². The summed E-state index contributed by atoms with van der Waals surface area (Å²) in [7, 11) is -1.32. The first-order chi connectivity index (χ1) is 12.2. The summed E-state index contributed by atoms with van der Waals surface area (Å²) in [5.74, 6) is -0.0941. The summed E-state index contributed by atoms with van der Waals surface area (Å²) in [6.07, 6.45) is 2.15. The number of rotatable bonds is 7. The van der Waals surface area contributed by atoms with Crippen molar-refractivity contribution in [1.82, 2.24) is 10.2 Å². The van der Waals surface area contributed by atoms with Gasteiger partial charge in [-0.05, 0) is 32.0 Å². The number of amides is 1. The fraction of sp³-hybridized carbons (Fsp3) is 0.562. The molecule has 0 spiro atoms. The minimum absolute atomic E-state index is 0.108. The lowest BCUT2D eigenvalue weighted by molar-refractivity contribution is 0.0938. The van der Waals surface area contributed by atoms with Crippen molar-refractivity contribution in [2.75, 3.05) is 38.1 Å².